The summed E-state index contributed by atoms with van der Waals surface area (Å²) >= 11 is 6.29. The third-order valence-electron chi connectivity index (χ3n) is 5.62. The fraction of sp³-hybridized carbons (Fsp3) is 0.600. The predicted molar refractivity (Wildman–Crippen MR) is 116 cm³/mol. The van der Waals surface area contributed by atoms with Gasteiger partial charge in [0.05, 0.1) is 5.02 Å². The molecular formula is C20H29ClN8. The highest BCUT2D eigenvalue weighted by molar-refractivity contribution is 6.32. The Morgan fingerprint density at radius 2 is 2.21 bits per heavy atom. The molecule has 1 saturated heterocycles. The topological polar surface area (TPSA) is 83.3 Å². The van der Waals surface area contributed by atoms with E-state index < -0.39 is 0 Å². The van der Waals surface area contributed by atoms with Gasteiger partial charge in [-0.05, 0) is 31.4 Å². The summed E-state index contributed by atoms with van der Waals surface area (Å²) in [6.07, 6.45) is 8.40. The first-order valence-electron chi connectivity index (χ1n) is 10.5. The smallest absolute Gasteiger partial charge is 0.191 e. The molecule has 1 atom stereocenters. The van der Waals surface area contributed by atoms with Crippen LogP contribution in [0.5, 0.6) is 0 Å². The Balaban J connectivity index is 1.27. The summed E-state index contributed by atoms with van der Waals surface area (Å²) in [6, 6.07) is 4.05. The number of aliphatic imine (C=N–C) groups is 1. The summed E-state index contributed by atoms with van der Waals surface area (Å²) in [4.78, 5) is 11.0. The highest BCUT2D eigenvalue weighted by Crippen LogP contribution is 2.25. The van der Waals surface area contributed by atoms with Crippen LogP contribution in [0.4, 0.5) is 5.82 Å². The minimum atomic E-state index is 0.309. The summed E-state index contributed by atoms with van der Waals surface area (Å²) in [5.41, 5.74) is 0. The van der Waals surface area contributed by atoms with Crippen LogP contribution in [0, 0.1) is 0 Å². The molecule has 2 aromatic rings. The van der Waals surface area contributed by atoms with Gasteiger partial charge < -0.3 is 20.1 Å². The average Bonchev–Trinajstić information content (AvgIpc) is 3.27. The molecule has 0 radical (unpaired) electrons. The number of hydrogen-bond donors (Lipinski definition) is 2. The third kappa shape index (κ3) is 4.80. The van der Waals surface area contributed by atoms with Gasteiger partial charge in [-0.15, -0.1) is 10.2 Å². The van der Waals surface area contributed by atoms with Crippen LogP contribution in [0.25, 0.3) is 0 Å². The maximum absolute atomic E-state index is 6.29. The van der Waals surface area contributed by atoms with Gasteiger partial charge in [-0.1, -0.05) is 18.0 Å². The van der Waals surface area contributed by atoms with Gasteiger partial charge in [0, 0.05) is 58.3 Å². The van der Waals surface area contributed by atoms with E-state index in [-0.39, 0.29) is 0 Å². The molecule has 9 heteroatoms. The number of aromatic nitrogens is 4. The number of halogens is 1. The van der Waals surface area contributed by atoms with Crippen molar-refractivity contribution in [3.05, 3.63) is 35.0 Å². The molecule has 2 aromatic heterocycles. The van der Waals surface area contributed by atoms with Crippen LogP contribution in [0.2, 0.25) is 5.02 Å². The zero-order chi connectivity index (χ0) is 20.1. The first kappa shape index (κ1) is 19.9. The lowest BCUT2D eigenvalue weighted by atomic mass is 10.2. The molecule has 1 fully saturated rings. The lowest BCUT2D eigenvalue weighted by Gasteiger charge is -2.20. The molecule has 2 N–H and O–H groups in total. The van der Waals surface area contributed by atoms with Gasteiger partial charge >= 0.3 is 0 Å². The van der Waals surface area contributed by atoms with Crippen molar-refractivity contribution >= 4 is 23.4 Å². The van der Waals surface area contributed by atoms with E-state index in [0.717, 1.165) is 68.9 Å². The second-order valence-electron chi connectivity index (χ2n) is 7.63. The molecule has 156 valence electrons. The van der Waals surface area contributed by atoms with Crippen LogP contribution in [-0.2, 0) is 19.4 Å². The third-order valence-corrected chi connectivity index (χ3v) is 5.91. The van der Waals surface area contributed by atoms with E-state index in [4.69, 9.17) is 11.6 Å². The van der Waals surface area contributed by atoms with E-state index in [0.29, 0.717) is 11.1 Å². The molecule has 0 aromatic carbocycles. The number of nitrogens with zero attached hydrogens (tertiary/aromatic N) is 6. The number of guanidine groups is 1. The van der Waals surface area contributed by atoms with Crippen LogP contribution in [0.3, 0.4) is 0 Å². The number of anilines is 1. The number of hydrogen-bond acceptors (Lipinski definition) is 5. The summed E-state index contributed by atoms with van der Waals surface area (Å²) in [6.45, 7) is 3.60. The minimum absolute atomic E-state index is 0.309. The molecule has 2 aliphatic rings. The van der Waals surface area contributed by atoms with Crippen molar-refractivity contribution in [2.75, 3.05) is 31.6 Å². The number of fused-ring (bicyclic) bond motifs is 1. The molecule has 4 heterocycles. The summed E-state index contributed by atoms with van der Waals surface area (Å²) in [7, 11) is 1.81. The van der Waals surface area contributed by atoms with Gasteiger partial charge in [-0.3, -0.25) is 4.99 Å². The average molecular weight is 417 g/mol. The lowest BCUT2D eigenvalue weighted by Crippen LogP contribution is -2.45. The van der Waals surface area contributed by atoms with Gasteiger partial charge in [0.15, 0.2) is 5.96 Å². The van der Waals surface area contributed by atoms with E-state index in [1.807, 2.05) is 12.1 Å². The van der Waals surface area contributed by atoms with E-state index in [2.05, 4.69) is 40.3 Å². The Morgan fingerprint density at radius 3 is 3.07 bits per heavy atom. The van der Waals surface area contributed by atoms with Gasteiger partial charge in [-0.25, -0.2) is 4.98 Å². The molecule has 0 spiro atoms. The summed E-state index contributed by atoms with van der Waals surface area (Å²) in [5.74, 6) is 3.88. The van der Waals surface area contributed by atoms with E-state index >= 15 is 0 Å². The zero-order valence-electron chi connectivity index (χ0n) is 16.9. The molecule has 29 heavy (non-hydrogen) atoms. The molecule has 4 rings (SSSR count). The number of aryl methyl sites for hydroxylation is 1. The molecule has 2 aliphatic heterocycles. The Hall–Kier alpha value is -2.35. The van der Waals surface area contributed by atoms with Crippen molar-refractivity contribution in [3.8, 4) is 0 Å². The van der Waals surface area contributed by atoms with Crippen LogP contribution in [0.1, 0.15) is 37.3 Å². The SMILES string of the molecule is CN=C(NCCc1nnc2n1CCCCC2)NC1CCN(c2ncccc2Cl)C1. The van der Waals surface area contributed by atoms with Crippen LogP contribution in [0.15, 0.2) is 23.3 Å². The predicted octanol–water partition coefficient (Wildman–Crippen LogP) is 2.04. The molecule has 0 amide bonds. The molecule has 1 unspecified atom stereocenters. The van der Waals surface area contributed by atoms with E-state index in [1.54, 1.807) is 13.2 Å². The highest BCUT2D eigenvalue weighted by Gasteiger charge is 2.25. The fourth-order valence-electron chi connectivity index (χ4n) is 4.09. The lowest BCUT2D eigenvalue weighted by molar-refractivity contribution is 0.597. The van der Waals surface area contributed by atoms with Crippen molar-refractivity contribution < 1.29 is 0 Å². The Labute approximate surface area is 176 Å². The van der Waals surface area contributed by atoms with Gasteiger partial charge in [0.1, 0.15) is 17.5 Å². The quantitative estimate of drug-likeness (QED) is 0.573. The van der Waals surface area contributed by atoms with Crippen LogP contribution in [-0.4, -0.2) is 58.4 Å². The second kappa shape index (κ2) is 9.43. The van der Waals surface area contributed by atoms with Gasteiger partial charge in [0.25, 0.3) is 0 Å². The van der Waals surface area contributed by atoms with Crippen molar-refractivity contribution in [1.82, 2.24) is 30.4 Å². The Morgan fingerprint density at radius 1 is 1.28 bits per heavy atom. The first-order valence-corrected chi connectivity index (χ1v) is 10.9. The summed E-state index contributed by atoms with van der Waals surface area (Å²) in [5, 5.41) is 16.4. The Bertz CT molecular complexity index is 849. The maximum Gasteiger partial charge on any atom is 0.191 e. The first-order chi connectivity index (χ1) is 14.2. The van der Waals surface area contributed by atoms with Crippen LogP contribution < -0.4 is 15.5 Å². The Kier molecular flexibility index (Phi) is 6.49. The van der Waals surface area contributed by atoms with Crippen molar-refractivity contribution in [2.24, 2.45) is 4.99 Å². The highest BCUT2D eigenvalue weighted by atomic mass is 35.5. The van der Waals surface area contributed by atoms with Crippen molar-refractivity contribution in [3.63, 3.8) is 0 Å². The summed E-state index contributed by atoms with van der Waals surface area (Å²) < 4.78 is 2.30. The maximum atomic E-state index is 6.29. The second-order valence-corrected chi connectivity index (χ2v) is 8.04. The molecule has 8 nitrogen and oxygen atoms in total. The number of rotatable bonds is 5. The molecule has 0 bridgehead atoms. The van der Waals surface area contributed by atoms with Gasteiger partial charge in [0.2, 0.25) is 0 Å². The van der Waals surface area contributed by atoms with E-state index in [9.17, 15) is 0 Å². The van der Waals surface area contributed by atoms with Crippen molar-refractivity contribution in [1.29, 1.82) is 0 Å². The number of pyridine rings is 1. The fourth-order valence-corrected chi connectivity index (χ4v) is 4.33. The van der Waals surface area contributed by atoms with Gasteiger partial charge in [-0.2, -0.15) is 0 Å². The van der Waals surface area contributed by atoms with Crippen LogP contribution >= 0.6 is 11.6 Å². The minimum Gasteiger partial charge on any atom is -0.356 e. The normalized spacial score (nSPS) is 19.7. The van der Waals surface area contributed by atoms with Crippen molar-refractivity contribution in [2.45, 2.75) is 51.1 Å². The standard InChI is InChI=1S/C20H29ClN8/c1-22-20(24-11-8-18-27-26-17-7-3-2-4-12-29(17)18)25-15-9-13-28(14-15)19-16(21)6-5-10-23-19/h5-6,10,15H,2-4,7-9,11-14H2,1H3,(H2,22,24,25). The number of nitrogens with one attached hydrogen (secondary N) is 2. The molecule has 0 aliphatic carbocycles. The zero-order valence-corrected chi connectivity index (χ0v) is 17.7. The largest absolute Gasteiger partial charge is 0.356 e. The van der Waals surface area contributed by atoms with E-state index in [1.165, 1.54) is 19.3 Å². The molecule has 0 saturated carbocycles. The molecular weight excluding hydrogens is 388 g/mol. The monoisotopic (exact) mass is 416 g/mol.